The molecule has 0 saturated heterocycles. The molecule has 19 heavy (non-hydrogen) atoms. The summed E-state index contributed by atoms with van der Waals surface area (Å²) in [6, 6.07) is 3.08. The van der Waals surface area contributed by atoms with E-state index in [9.17, 15) is 17.6 Å². The topological polar surface area (TPSA) is 91.9 Å². The fourth-order valence-corrected chi connectivity index (χ4v) is 2.25. The summed E-state index contributed by atoms with van der Waals surface area (Å²) in [6.07, 6.45) is 2.66. The number of anilines is 1. The maximum absolute atomic E-state index is 13.5. The second kappa shape index (κ2) is 4.98. The smallest absolute Gasteiger partial charge is 0.264 e. The average molecular weight is 304 g/mol. The predicted molar refractivity (Wildman–Crippen MR) is 66.0 cm³/mol. The highest BCUT2D eigenvalue weighted by molar-refractivity contribution is 8.13. The van der Waals surface area contributed by atoms with Gasteiger partial charge in [-0.1, -0.05) is 0 Å². The number of hydrogen-bond donors (Lipinski definition) is 2. The number of aromatic nitrogens is 2. The summed E-state index contributed by atoms with van der Waals surface area (Å²) in [5.74, 6) is -1.55. The highest BCUT2D eigenvalue weighted by atomic mass is 35.7. The number of carbonyl (C=O) groups excluding carboxylic acids is 1. The number of rotatable bonds is 3. The number of amides is 1. The third kappa shape index (κ3) is 3.09. The lowest BCUT2D eigenvalue weighted by atomic mass is 10.3. The molecule has 6 nitrogen and oxygen atoms in total. The first-order valence-corrected chi connectivity index (χ1v) is 7.23. The molecule has 1 aromatic carbocycles. The van der Waals surface area contributed by atoms with Crippen molar-refractivity contribution in [1.29, 1.82) is 0 Å². The van der Waals surface area contributed by atoms with Gasteiger partial charge >= 0.3 is 0 Å². The molecule has 100 valence electrons. The number of hydrogen-bond acceptors (Lipinski definition) is 4. The van der Waals surface area contributed by atoms with Crippen molar-refractivity contribution in [2.75, 3.05) is 5.32 Å². The van der Waals surface area contributed by atoms with Gasteiger partial charge in [0.15, 0.2) is 0 Å². The van der Waals surface area contributed by atoms with Gasteiger partial charge < -0.3 is 5.32 Å². The Morgan fingerprint density at radius 1 is 1.42 bits per heavy atom. The van der Waals surface area contributed by atoms with Gasteiger partial charge in [-0.25, -0.2) is 12.8 Å². The molecule has 0 bridgehead atoms. The summed E-state index contributed by atoms with van der Waals surface area (Å²) in [5.41, 5.74) is 0.363. The first kappa shape index (κ1) is 13.5. The van der Waals surface area contributed by atoms with Gasteiger partial charge in [-0.05, 0) is 18.2 Å². The second-order valence-electron chi connectivity index (χ2n) is 3.52. The van der Waals surface area contributed by atoms with Crippen LogP contribution < -0.4 is 5.32 Å². The van der Waals surface area contributed by atoms with E-state index in [1.54, 1.807) is 0 Å². The minimum atomic E-state index is -4.15. The van der Waals surface area contributed by atoms with Gasteiger partial charge in [0.2, 0.25) is 0 Å². The zero-order chi connectivity index (χ0) is 14.0. The van der Waals surface area contributed by atoms with Gasteiger partial charge in [0.25, 0.3) is 15.0 Å². The van der Waals surface area contributed by atoms with Gasteiger partial charge in [-0.15, -0.1) is 0 Å². The van der Waals surface area contributed by atoms with Gasteiger partial charge in [0.05, 0.1) is 11.8 Å². The lowest BCUT2D eigenvalue weighted by molar-refractivity contribution is 0.102. The van der Waals surface area contributed by atoms with Crippen LogP contribution in [-0.2, 0) is 9.05 Å². The van der Waals surface area contributed by atoms with Gasteiger partial charge in [-0.2, -0.15) is 5.10 Å². The number of nitrogens with one attached hydrogen (secondary N) is 2. The number of halogens is 2. The Balaban J connectivity index is 2.24. The Bertz CT molecular complexity index is 716. The fraction of sp³-hybridized carbons (Fsp3) is 0. The van der Waals surface area contributed by atoms with E-state index in [0.29, 0.717) is 0 Å². The van der Waals surface area contributed by atoms with Crippen LogP contribution in [0.15, 0.2) is 35.5 Å². The van der Waals surface area contributed by atoms with E-state index < -0.39 is 25.7 Å². The molecule has 2 rings (SSSR count). The van der Waals surface area contributed by atoms with Crippen molar-refractivity contribution >= 4 is 31.3 Å². The lowest BCUT2D eigenvalue weighted by Gasteiger charge is -2.05. The Labute approximate surface area is 112 Å². The van der Waals surface area contributed by atoms with Crippen LogP contribution in [0.1, 0.15) is 10.4 Å². The van der Waals surface area contributed by atoms with Crippen LogP contribution in [-0.4, -0.2) is 24.5 Å². The van der Waals surface area contributed by atoms with Crippen molar-refractivity contribution in [3.63, 3.8) is 0 Å². The minimum Gasteiger partial charge on any atom is -0.322 e. The van der Waals surface area contributed by atoms with E-state index in [0.717, 1.165) is 12.1 Å². The Morgan fingerprint density at radius 2 is 2.16 bits per heavy atom. The van der Waals surface area contributed by atoms with Crippen LogP contribution in [0, 0.1) is 5.82 Å². The molecule has 2 aromatic rings. The van der Waals surface area contributed by atoms with Crippen molar-refractivity contribution < 1.29 is 17.6 Å². The van der Waals surface area contributed by atoms with Crippen molar-refractivity contribution in [2.24, 2.45) is 0 Å². The molecule has 0 aliphatic heterocycles. The van der Waals surface area contributed by atoms with Crippen LogP contribution >= 0.6 is 10.7 Å². The lowest BCUT2D eigenvalue weighted by Crippen LogP contribution is -2.11. The molecule has 9 heteroatoms. The number of nitrogens with zero attached hydrogens (tertiary/aromatic N) is 1. The van der Waals surface area contributed by atoms with E-state index in [1.807, 2.05) is 0 Å². The molecule has 0 spiro atoms. The van der Waals surface area contributed by atoms with Gasteiger partial charge in [0.1, 0.15) is 10.7 Å². The van der Waals surface area contributed by atoms with E-state index in [2.05, 4.69) is 15.5 Å². The van der Waals surface area contributed by atoms with Crippen LogP contribution in [0.2, 0.25) is 0 Å². The van der Waals surface area contributed by atoms with Gasteiger partial charge in [-0.3, -0.25) is 9.89 Å². The van der Waals surface area contributed by atoms with Crippen LogP contribution in [0.25, 0.3) is 0 Å². The molecule has 0 fully saturated rings. The van der Waals surface area contributed by atoms with Crippen molar-refractivity contribution in [2.45, 2.75) is 4.90 Å². The van der Waals surface area contributed by atoms with E-state index >= 15 is 0 Å². The molecule has 1 heterocycles. The molecule has 2 N–H and O–H groups in total. The van der Waals surface area contributed by atoms with Gasteiger partial charge in [0, 0.05) is 22.6 Å². The molecule has 1 amide bonds. The molecule has 0 unspecified atom stereocenters. The minimum absolute atomic E-state index is 0.104. The largest absolute Gasteiger partial charge is 0.322 e. The summed E-state index contributed by atoms with van der Waals surface area (Å²) < 4.78 is 35.5. The molecular weight excluding hydrogens is 297 g/mol. The van der Waals surface area contributed by atoms with E-state index in [1.165, 1.54) is 18.5 Å². The maximum Gasteiger partial charge on any atom is 0.264 e. The Kier molecular flexibility index (Phi) is 3.54. The zero-order valence-corrected chi connectivity index (χ0v) is 10.8. The third-order valence-corrected chi connectivity index (χ3v) is 3.57. The highest BCUT2D eigenvalue weighted by Crippen LogP contribution is 2.22. The van der Waals surface area contributed by atoms with Crippen molar-refractivity contribution in [3.8, 4) is 0 Å². The highest BCUT2D eigenvalue weighted by Gasteiger charge is 2.17. The SMILES string of the molecule is O=C(Nc1ccc(S(=O)(=O)Cl)c(F)c1)c1cn[nH]c1. The number of H-pyrrole nitrogens is 1. The molecule has 0 aliphatic carbocycles. The van der Waals surface area contributed by atoms with Crippen molar-refractivity contribution in [1.82, 2.24) is 10.2 Å². The van der Waals surface area contributed by atoms with Crippen molar-refractivity contribution in [3.05, 3.63) is 42.0 Å². The molecular formula is C10H7ClFN3O3S. The van der Waals surface area contributed by atoms with Crippen LogP contribution in [0.5, 0.6) is 0 Å². The quantitative estimate of drug-likeness (QED) is 0.845. The first-order chi connectivity index (χ1) is 8.88. The molecule has 0 radical (unpaired) electrons. The third-order valence-electron chi connectivity index (χ3n) is 2.21. The molecule has 0 aliphatic rings. The standard InChI is InChI=1S/C10H7ClFN3O3S/c11-19(17,18)9-2-1-7(3-8(9)12)15-10(16)6-4-13-14-5-6/h1-5H,(H,13,14)(H,15,16). The Hall–Kier alpha value is -1.93. The Morgan fingerprint density at radius 3 is 2.68 bits per heavy atom. The molecule has 1 aromatic heterocycles. The van der Waals surface area contributed by atoms with Crippen LogP contribution in [0.4, 0.5) is 10.1 Å². The van der Waals surface area contributed by atoms with E-state index in [-0.39, 0.29) is 11.3 Å². The van der Waals surface area contributed by atoms with Crippen LogP contribution in [0.3, 0.4) is 0 Å². The first-order valence-electron chi connectivity index (χ1n) is 4.92. The number of aromatic amines is 1. The molecule has 0 saturated carbocycles. The number of carbonyl (C=O) groups is 1. The molecule has 0 atom stereocenters. The predicted octanol–water partition coefficient (Wildman–Crippen LogP) is 1.73. The monoisotopic (exact) mass is 303 g/mol. The number of benzene rings is 1. The summed E-state index contributed by atoms with van der Waals surface area (Å²) in [6.45, 7) is 0. The summed E-state index contributed by atoms with van der Waals surface area (Å²) in [4.78, 5) is 11.0. The fourth-order valence-electron chi connectivity index (χ4n) is 1.35. The summed E-state index contributed by atoms with van der Waals surface area (Å²) in [5, 5.41) is 8.43. The summed E-state index contributed by atoms with van der Waals surface area (Å²) in [7, 11) is 0.883. The maximum atomic E-state index is 13.5. The summed E-state index contributed by atoms with van der Waals surface area (Å²) >= 11 is 0. The normalized spacial score (nSPS) is 11.3. The second-order valence-corrected chi connectivity index (χ2v) is 6.06. The van der Waals surface area contributed by atoms with E-state index in [4.69, 9.17) is 10.7 Å². The zero-order valence-electron chi connectivity index (χ0n) is 9.22. The average Bonchev–Trinajstić information content (AvgIpc) is 2.80.